The van der Waals surface area contributed by atoms with Gasteiger partial charge in [-0.3, -0.25) is 0 Å². The summed E-state index contributed by atoms with van der Waals surface area (Å²) in [6, 6.07) is 10.9. The van der Waals surface area contributed by atoms with E-state index in [1.807, 2.05) is 51.1 Å². The van der Waals surface area contributed by atoms with Crippen LogP contribution in [0.1, 0.15) is 45.3 Å². The molecule has 24 heavy (non-hydrogen) atoms. The van der Waals surface area contributed by atoms with E-state index in [2.05, 4.69) is 5.73 Å². The highest BCUT2D eigenvalue weighted by Crippen LogP contribution is 2.32. The number of aliphatic hydroxyl groups is 2. The maximum Gasteiger partial charge on any atom is 0.123 e. The summed E-state index contributed by atoms with van der Waals surface area (Å²) in [5.74, 6) is 0.436. The van der Waals surface area contributed by atoms with Crippen LogP contribution >= 0.6 is 0 Å². The number of phenols is 1. The molecule has 3 N–H and O–H groups in total. The van der Waals surface area contributed by atoms with E-state index in [0.717, 1.165) is 21.9 Å². The van der Waals surface area contributed by atoms with Crippen LogP contribution in [0.25, 0.3) is 10.8 Å². The minimum Gasteiger partial charge on any atom is -0.507 e. The molecule has 0 unspecified atom stereocenters. The molecule has 0 heterocycles. The summed E-state index contributed by atoms with van der Waals surface area (Å²) < 4.78 is 0. The van der Waals surface area contributed by atoms with Crippen LogP contribution in [-0.4, -0.2) is 21.4 Å². The number of aromatic hydroxyl groups is 1. The van der Waals surface area contributed by atoms with E-state index in [4.69, 9.17) is 0 Å². The smallest absolute Gasteiger partial charge is 0.123 e. The molecule has 0 aliphatic heterocycles. The van der Waals surface area contributed by atoms with Crippen molar-refractivity contribution in [2.24, 2.45) is 5.92 Å². The van der Waals surface area contributed by atoms with Crippen molar-refractivity contribution in [3.05, 3.63) is 59.3 Å². The van der Waals surface area contributed by atoms with Crippen LogP contribution in [0.2, 0.25) is 0 Å². The Hall–Kier alpha value is -2.06. The van der Waals surface area contributed by atoms with Gasteiger partial charge in [-0.05, 0) is 41.5 Å². The largest absolute Gasteiger partial charge is 0.507 e. The van der Waals surface area contributed by atoms with E-state index in [-0.39, 0.29) is 17.8 Å². The highest BCUT2D eigenvalue weighted by atomic mass is 16.3. The number of aliphatic hydroxyl groups excluding tert-OH is 2. The fourth-order valence-electron chi connectivity index (χ4n) is 2.68. The Morgan fingerprint density at radius 1 is 1.08 bits per heavy atom. The van der Waals surface area contributed by atoms with E-state index < -0.39 is 6.10 Å². The van der Waals surface area contributed by atoms with Crippen LogP contribution in [0.5, 0.6) is 5.75 Å². The molecule has 2 rings (SSSR count). The van der Waals surface area contributed by atoms with E-state index in [1.165, 1.54) is 0 Å². The van der Waals surface area contributed by atoms with Gasteiger partial charge in [-0.1, -0.05) is 44.2 Å². The molecule has 0 saturated heterocycles. The van der Waals surface area contributed by atoms with Gasteiger partial charge in [0.25, 0.3) is 0 Å². The average molecular weight is 326 g/mol. The molecule has 0 aliphatic rings. The monoisotopic (exact) mass is 326 g/mol. The SMILES string of the molecule is CC(=C=CC[C@@H](O)c1ccc(O)c2ccccc12)C[C@@H](O)C(C)C. The van der Waals surface area contributed by atoms with E-state index in [9.17, 15) is 15.3 Å². The minimum absolute atomic E-state index is 0.218. The second kappa shape index (κ2) is 8.16. The first-order valence-electron chi connectivity index (χ1n) is 8.37. The maximum absolute atomic E-state index is 10.5. The van der Waals surface area contributed by atoms with E-state index in [1.54, 1.807) is 12.1 Å². The van der Waals surface area contributed by atoms with Crippen molar-refractivity contribution in [2.45, 2.75) is 45.8 Å². The first-order valence-corrected chi connectivity index (χ1v) is 8.37. The Morgan fingerprint density at radius 2 is 1.75 bits per heavy atom. The molecule has 0 aliphatic carbocycles. The van der Waals surface area contributed by atoms with Gasteiger partial charge < -0.3 is 15.3 Å². The maximum atomic E-state index is 10.5. The molecule has 3 heteroatoms. The molecule has 0 aromatic heterocycles. The molecule has 0 fully saturated rings. The molecule has 0 amide bonds. The summed E-state index contributed by atoms with van der Waals surface area (Å²) in [6.07, 6.45) is 1.81. The lowest BCUT2D eigenvalue weighted by Crippen LogP contribution is -2.14. The summed E-state index contributed by atoms with van der Waals surface area (Å²) in [5.41, 5.74) is 4.91. The number of hydrogen-bond donors (Lipinski definition) is 3. The molecular weight excluding hydrogens is 300 g/mol. The summed E-state index contributed by atoms with van der Waals surface area (Å²) in [6.45, 7) is 5.91. The molecule has 0 spiro atoms. The fourth-order valence-corrected chi connectivity index (χ4v) is 2.68. The summed E-state index contributed by atoms with van der Waals surface area (Å²) >= 11 is 0. The number of rotatable bonds is 6. The quantitative estimate of drug-likeness (QED) is 0.686. The molecule has 3 nitrogen and oxygen atoms in total. The zero-order valence-corrected chi connectivity index (χ0v) is 14.5. The first kappa shape index (κ1) is 18.3. The molecule has 128 valence electrons. The zero-order chi connectivity index (χ0) is 17.7. The predicted octanol–water partition coefficient (Wildman–Crippen LogP) is 4.48. The van der Waals surface area contributed by atoms with Gasteiger partial charge in [-0.25, -0.2) is 0 Å². The Labute approximate surface area is 143 Å². The Kier molecular flexibility index (Phi) is 6.22. The van der Waals surface area contributed by atoms with Crippen molar-refractivity contribution in [2.75, 3.05) is 0 Å². The number of fused-ring (bicyclic) bond motifs is 1. The van der Waals surface area contributed by atoms with Gasteiger partial charge in [0, 0.05) is 18.2 Å². The Morgan fingerprint density at radius 3 is 2.42 bits per heavy atom. The number of phenolic OH excluding ortho intramolecular Hbond substituents is 1. The fraction of sp³-hybridized carbons (Fsp3) is 0.381. The molecule has 0 radical (unpaired) electrons. The molecule has 0 saturated carbocycles. The average Bonchev–Trinajstić information content (AvgIpc) is 2.55. The van der Waals surface area contributed by atoms with Gasteiger partial charge in [0.1, 0.15) is 5.75 Å². The molecule has 0 bridgehead atoms. The van der Waals surface area contributed by atoms with Crippen LogP contribution in [0, 0.1) is 5.92 Å². The topological polar surface area (TPSA) is 60.7 Å². The standard InChI is InChI=1S/C21H26O3/c1-14(2)21(24)13-15(3)7-6-10-19(22)18-11-12-20(23)17-9-5-4-8-16(17)18/h4-6,8-9,11-12,14,19,21-24H,10,13H2,1-3H3/t7?,19-,21-/m1/s1. The lowest BCUT2D eigenvalue weighted by molar-refractivity contribution is 0.125. The summed E-state index contributed by atoms with van der Waals surface area (Å²) in [5, 5.41) is 31.9. The highest BCUT2D eigenvalue weighted by molar-refractivity contribution is 5.91. The van der Waals surface area contributed by atoms with E-state index in [0.29, 0.717) is 12.8 Å². The van der Waals surface area contributed by atoms with Gasteiger partial charge in [-0.15, -0.1) is 5.73 Å². The second-order valence-electron chi connectivity index (χ2n) is 6.62. The van der Waals surface area contributed by atoms with Gasteiger partial charge >= 0.3 is 0 Å². The zero-order valence-electron chi connectivity index (χ0n) is 14.5. The van der Waals surface area contributed by atoms with Crippen molar-refractivity contribution in [3.8, 4) is 5.75 Å². The van der Waals surface area contributed by atoms with Crippen LogP contribution < -0.4 is 0 Å². The van der Waals surface area contributed by atoms with Crippen molar-refractivity contribution in [3.63, 3.8) is 0 Å². The van der Waals surface area contributed by atoms with E-state index >= 15 is 0 Å². The molecule has 2 atom stereocenters. The van der Waals surface area contributed by atoms with Crippen molar-refractivity contribution in [1.29, 1.82) is 0 Å². The normalized spacial score (nSPS) is 13.6. The van der Waals surface area contributed by atoms with Crippen LogP contribution in [0.15, 0.2) is 53.8 Å². The highest BCUT2D eigenvalue weighted by Gasteiger charge is 2.12. The van der Waals surface area contributed by atoms with Crippen LogP contribution in [-0.2, 0) is 0 Å². The van der Waals surface area contributed by atoms with Crippen LogP contribution in [0.3, 0.4) is 0 Å². The number of benzene rings is 2. The summed E-state index contributed by atoms with van der Waals surface area (Å²) in [4.78, 5) is 0. The summed E-state index contributed by atoms with van der Waals surface area (Å²) in [7, 11) is 0. The minimum atomic E-state index is -0.661. The third-order valence-corrected chi connectivity index (χ3v) is 4.27. The molecular formula is C21H26O3. The third kappa shape index (κ3) is 4.48. The Bertz CT molecular complexity index is 755. The van der Waals surface area contributed by atoms with Gasteiger partial charge in [-0.2, -0.15) is 0 Å². The second-order valence-corrected chi connectivity index (χ2v) is 6.62. The molecule has 2 aromatic rings. The molecule has 2 aromatic carbocycles. The number of hydrogen-bond acceptors (Lipinski definition) is 3. The first-order chi connectivity index (χ1) is 11.4. The van der Waals surface area contributed by atoms with Gasteiger partial charge in [0.2, 0.25) is 0 Å². The van der Waals surface area contributed by atoms with Crippen molar-refractivity contribution < 1.29 is 15.3 Å². The third-order valence-electron chi connectivity index (χ3n) is 4.27. The van der Waals surface area contributed by atoms with Gasteiger partial charge in [0.15, 0.2) is 0 Å². The predicted molar refractivity (Wildman–Crippen MR) is 97.9 cm³/mol. The Balaban J connectivity index is 2.15. The van der Waals surface area contributed by atoms with Crippen LogP contribution in [0.4, 0.5) is 0 Å². The van der Waals surface area contributed by atoms with Crippen molar-refractivity contribution in [1.82, 2.24) is 0 Å². The van der Waals surface area contributed by atoms with Crippen molar-refractivity contribution >= 4 is 10.8 Å². The van der Waals surface area contributed by atoms with Gasteiger partial charge in [0.05, 0.1) is 12.2 Å². The lowest BCUT2D eigenvalue weighted by atomic mass is 9.97. The lowest BCUT2D eigenvalue weighted by Gasteiger charge is -2.13.